The van der Waals surface area contributed by atoms with Crippen LogP contribution in [0.2, 0.25) is 0 Å². The smallest absolute Gasteiger partial charge is 0.223 e. The summed E-state index contributed by atoms with van der Waals surface area (Å²) in [6.45, 7) is 10.7. The number of carbonyl (C=O) groups is 1. The van der Waals surface area contributed by atoms with Crippen LogP contribution in [0.1, 0.15) is 68.0 Å². The minimum Gasteiger partial charge on any atom is -0.493 e. The van der Waals surface area contributed by atoms with Gasteiger partial charge in [0.2, 0.25) is 5.91 Å². The Balaban J connectivity index is 2.44. The SMILES string of the molecule is CCC(N)c1cc2c(c(C)c1C)OCCC2NC(=O)C(C)C. The predicted octanol–water partition coefficient (Wildman–Crippen LogP) is 3.31. The molecular formula is C18H28N2O2. The van der Waals surface area contributed by atoms with Gasteiger partial charge >= 0.3 is 0 Å². The molecule has 1 aromatic rings. The number of amides is 1. The molecular weight excluding hydrogens is 276 g/mol. The van der Waals surface area contributed by atoms with Crippen molar-refractivity contribution in [1.29, 1.82) is 0 Å². The quantitative estimate of drug-likeness (QED) is 0.897. The van der Waals surface area contributed by atoms with E-state index < -0.39 is 0 Å². The number of nitrogens with two attached hydrogens (primary N) is 1. The highest BCUT2D eigenvalue weighted by Crippen LogP contribution is 2.39. The van der Waals surface area contributed by atoms with E-state index >= 15 is 0 Å². The maximum Gasteiger partial charge on any atom is 0.223 e. The molecule has 122 valence electrons. The monoisotopic (exact) mass is 304 g/mol. The fraction of sp³-hybridized carbons (Fsp3) is 0.611. The summed E-state index contributed by atoms with van der Waals surface area (Å²) in [5.74, 6) is 0.984. The van der Waals surface area contributed by atoms with Crippen molar-refractivity contribution in [1.82, 2.24) is 5.32 Å². The molecule has 1 aliphatic rings. The van der Waals surface area contributed by atoms with E-state index in [0.717, 1.165) is 35.3 Å². The maximum absolute atomic E-state index is 12.1. The molecule has 0 spiro atoms. The Morgan fingerprint density at radius 3 is 2.68 bits per heavy atom. The molecule has 0 fully saturated rings. The Bertz CT molecular complexity index is 567. The van der Waals surface area contributed by atoms with Crippen LogP contribution in [0.3, 0.4) is 0 Å². The number of rotatable bonds is 4. The second kappa shape index (κ2) is 6.69. The molecule has 0 aliphatic carbocycles. The lowest BCUT2D eigenvalue weighted by Gasteiger charge is -2.31. The van der Waals surface area contributed by atoms with E-state index in [4.69, 9.17) is 10.5 Å². The van der Waals surface area contributed by atoms with Crippen molar-refractivity contribution < 1.29 is 9.53 Å². The third-order valence-electron chi connectivity index (χ3n) is 4.62. The van der Waals surface area contributed by atoms with Crippen LogP contribution in [0.15, 0.2) is 6.07 Å². The number of carbonyl (C=O) groups excluding carboxylic acids is 1. The summed E-state index contributed by atoms with van der Waals surface area (Å²) in [6.07, 6.45) is 1.69. The molecule has 1 aromatic carbocycles. The summed E-state index contributed by atoms with van der Waals surface area (Å²) in [6, 6.07) is 2.17. The van der Waals surface area contributed by atoms with Crippen LogP contribution in [0.5, 0.6) is 5.75 Å². The van der Waals surface area contributed by atoms with E-state index in [0.29, 0.717) is 6.61 Å². The summed E-state index contributed by atoms with van der Waals surface area (Å²) < 4.78 is 5.88. The van der Waals surface area contributed by atoms with Crippen LogP contribution in [0.25, 0.3) is 0 Å². The van der Waals surface area contributed by atoms with E-state index in [-0.39, 0.29) is 23.9 Å². The van der Waals surface area contributed by atoms with Crippen LogP contribution in [0.4, 0.5) is 0 Å². The Kier molecular flexibility index (Phi) is 5.12. The second-order valence-corrected chi connectivity index (χ2v) is 6.50. The molecule has 0 radical (unpaired) electrons. The van der Waals surface area contributed by atoms with Gasteiger partial charge in [-0.2, -0.15) is 0 Å². The number of hydrogen-bond acceptors (Lipinski definition) is 3. The molecule has 1 amide bonds. The molecule has 1 aliphatic heterocycles. The first-order valence-corrected chi connectivity index (χ1v) is 8.19. The van der Waals surface area contributed by atoms with Crippen LogP contribution >= 0.6 is 0 Å². The molecule has 0 saturated heterocycles. The zero-order valence-corrected chi connectivity index (χ0v) is 14.3. The Labute approximate surface area is 133 Å². The molecule has 4 nitrogen and oxygen atoms in total. The molecule has 2 rings (SSSR count). The summed E-state index contributed by atoms with van der Waals surface area (Å²) in [5.41, 5.74) is 10.8. The van der Waals surface area contributed by atoms with Crippen molar-refractivity contribution in [2.45, 2.75) is 59.5 Å². The summed E-state index contributed by atoms with van der Waals surface area (Å²) >= 11 is 0. The summed E-state index contributed by atoms with van der Waals surface area (Å²) in [5, 5.41) is 3.15. The van der Waals surface area contributed by atoms with Crippen molar-refractivity contribution in [3.8, 4) is 5.75 Å². The van der Waals surface area contributed by atoms with Gasteiger partial charge in [0.15, 0.2) is 0 Å². The Hall–Kier alpha value is -1.55. The zero-order chi connectivity index (χ0) is 16.4. The second-order valence-electron chi connectivity index (χ2n) is 6.50. The van der Waals surface area contributed by atoms with Crippen LogP contribution in [0, 0.1) is 19.8 Å². The van der Waals surface area contributed by atoms with Crippen LogP contribution < -0.4 is 15.8 Å². The topological polar surface area (TPSA) is 64.3 Å². The highest BCUT2D eigenvalue weighted by molar-refractivity contribution is 5.78. The van der Waals surface area contributed by atoms with E-state index in [1.807, 2.05) is 13.8 Å². The van der Waals surface area contributed by atoms with Crippen LogP contribution in [-0.4, -0.2) is 12.5 Å². The minimum atomic E-state index is -0.0183. The van der Waals surface area contributed by atoms with Gasteiger partial charge in [-0.05, 0) is 43.0 Å². The van der Waals surface area contributed by atoms with Gasteiger partial charge in [-0.25, -0.2) is 0 Å². The number of benzene rings is 1. The first-order valence-electron chi connectivity index (χ1n) is 8.19. The lowest BCUT2D eigenvalue weighted by Crippen LogP contribution is -2.35. The van der Waals surface area contributed by atoms with E-state index in [2.05, 4.69) is 32.2 Å². The fourth-order valence-electron chi connectivity index (χ4n) is 2.92. The third kappa shape index (κ3) is 3.12. The summed E-state index contributed by atoms with van der Waals surface area (Å²) in [4.78, 5) is 12.1. The fourth-order valence-corrected chi connectivity index (χ4v) is 2.92. The number of fused-ring (bicyclic) bond motifs is 1. The highest BCUT2D eigenvalue weighted by Gasteiger charge is 2.27. The van der Waals surface area contributed by atoms with Crippen molar-refractivity contribution in [2.24, 2.45) is 11.7 Å². The van der Waals surface area contributed by atoms with E-state index in [9.17, 15) is 4.79 Å². The van der Waals surface area contributed by atoms with E-state index in [1.54, 1.807) is 0 Å². The molecule has 0 aromatic heterocycles. The van der Waals surface area contributed by atoms with Gasteiger partial charge in [0.25, 0.3) is 0 Å². The third-order valence-corrected chi connectivity index (χ3v) is 4.62. The van der Waals surface area contributed by atoms with Gasteiger partial charge in [0.05, 0.1) is 12.6 Å². The van der Waals surface area contributed by atoms with Crippen molar-refractivity contribution in [3.63, 3.8) is 0 Å². The highest BCUT2D eigenvalue weighted by atomic mass is 16.5. The molecule has 3 N–H and O–H groups in total. The molecule has 1 heterocycles. The number of hydrogen-bond donors (Lipinski definition) is 2. The molecule has 22 heavy (non-hydrogen) atoms. The van der Waals surface area contributed by atoms with Crippen molar-refractivity contribution in [3.05, 3.63) is 28.3 Å². The minimum absolute atomic E-state index is 0.0146. The van der Waals surface area contributed by atoms with Crippen LogP contribution in [-0.2, 0) is 4.79 Å². The Morgan fingerprint density at radius 1 is 1.41 bits per heavy atom. The molecule has 2 unspecified atom stereocenters. The van der Waals surface area contributed by atoms with E-state index in [1.165, 1.54) is 5.56 Å². The zero-order valence-electron chi connectivity index (χ0n) is 14.3. The molecule has 4 heteroatoms. The Morgan fingerprint density at radius 2 is 2.09 bits per heavy atom. The largest absolute Gasteiger partial charge is 0.493 e. The van der Waals surface area contributed by atoms with Crippen molar-refractivity contribution >= 4 is 5.91 Å². The molecule has 2 atom stereocenters. The summed E-state index contributed by atoms with van der Waals surface area (Å²) in [7, 11) is 0. The van der Waals surface area contributed by atoms with Gasteiger partial charge in [0, 0.05) is 23.9 Å². The van der Waals surface area contributed by atoms with Crippen molar-refractivity contribution in [2.75, 3.05) is 6.61 Å². The normalized spacial score (nSPS) is 18.6. The lowest BCUT2D eigenvalue weighted by molar-refractivity contribution is -0.124. The average Bonchev–Trinajstić information content (AvgIpc) is 2.50. The predicted molar refractivity (Wildman–Crippen MR) is 89.0 cm³/mol. The average molecular weight is 304 g/mol. The lowest BCUT2D eigenvalue weighted by atomic mass is 9.88. The molecule has 0 bridgehead atoms. The van der Waals surface area contributed by atoms with Gasteiger partial charge in [-0.15, -0.1) is 0 Å². The maximum atomic E-state index is 12.1. The number of nitrogens with one attached hydrogen (secondary N) is 1. The van der Waals surface area contributed by atoms with Gasteiger partial charge in [-0.3, -0.25) is 4.79 Å². The standard InChI is InChI=1S/C18H28N2O2/c1-6-15(19)13-9-14-16(20-18(21)10(2)3)7-8-22-17(14)12(5)11(13)4/h9-10,15-16H,6-8,19H2,1-5H3,(H,20,21). The van der Waals surface area contributed by atoms with Gasteiger partial charge < -0.3 is 15.8 Å². The van der Waals surface area contributed by atoms with Gasteiger partial charge in [-0.1, -0.05) is 20.8 Å². The first-order chi connectivity index (χ1) is 10.4. The van der Waals surface area contributed by atoms with Gasteiger partial charge in [0.1, 0.15) is 5.75 Å². The number of ether oxygens (including phenoxy) is 1. The molecule has 0 saturated carbocycles. The first kappa shape index (κ1) is 16.8.